The molecule has 0 aromatic carbocycles. The van der Waals surface area contributed by atoms with Crippen molar-refractivity contribution in [2.24, 2.45) is 0 Å². The van der Waals surface area contributed by atoms with Crippen LogP contribution in [0.5, 0.6) is 0 Å². The Morgan fingerprint density at radius 2 is 0.622 bits per heavy atom. The number of Topliss-reactive ketones (excluding diaryl/α,β-unsaturated/α-hetero) is 6. The van der Waals surface area contributed by atoms with Gasteiger partial charge in [0, 0.05) is 19.3 Å². The SMILES string of the molecule is CCCCC(=O)CC(=O)C(=O)[O-].CCCCC(=O)CC(=O)C(=O)[O-].CCCCC(=O)CC(=O)C(=O)[O-].[Fe+3]. The fraction of sp³-hybridized carbons (Fsp3) is 0.625. The van der Waals surface area contributed by atoms with E-state index in [2.05, 4.69) is 0 Å². The molecule has 0 aliphatic heterocycles. The third kappa shape index (κ3) is 29.1. The summed E-state index contributed by atoms with van der Waals surface area (Å²) in [6, 6.07) is 0. The van der Waals surface area contributed by atoms with E-state index < -0.39 is 54.5 Å². The molecule has 37 heavy (non-hydrogen) atoms. The first kappa shape index (κ1) is 41.1. The molecule has 0 saturated carbocycles. The van der Waals surface area contributed by atoms with Crippen LogP contribution in [0.2, 0.25) is 0 Å². The van der Waals surface area contributed by atoms with E-state index in [9.17, 15) is 58.5 Å². The molecule has 0 amide bonds. The molecule has 0 aromatic rings. The second-order valence-electron chi connectivity index (χ2n) is 7.59. The number of carbonyl (C=O) groups is 9. The fourth-order valence-corrected chi connectivity index (χ4v) is 2.14. The Morgan fingerprint density at radius 3 is 0.757 bits per heavy atom. The van der Waals surface area contributed by atoms with Gasteiger partial charge in [-0.2, -0.15) is 0 Å². The van der Waals surface area contributed by atoms with Gasteiger partial charge in [-0.3, -0.25) is 28.8 Å². The molecule has 13 heteroatoms. The van der Waals surface area contributed by atoms with Crippen LogP contribution in [0, 0.1) is 0 Å². The average Bonchev–Trinajstić information content (AvgIpc) is 2.80. The van der Waals surface area contributed by atoms with Gasteiger partial charge in [-0.15, -0.1) is 0 Å². The predicted molar refractivity (Wildman–Crippen MR) is 117 cm³/mol. The molecule has 0 aromatic heterocycles. The van der Waals surface area contributed by atoms with E-state index in [-0.39, 0.29) is 53.7 Å². The smallest absolute Gasteiger partial charge is 0.542 e. The van der Waals surface area contributed by atoms with Crippen molar-refractivity contribution in [3.63, 3.8) is 0 Å². The van der Waals surface area contributed by atoms with Gasteiger partial charge in [0.15, 0.2) is 17.3 Å². The maximum Gasteiger partial charge on any atom is 3.00 e. The van der Waals surface area contributed by atoms with Crippen LogP contribution in [0.1, 0.15) is 97.8 Å². The number of aliphatic carboxylic acids is 3. The Morgan fingerprint density at radius 1 is 0.432 bits per heavy atom. The van der Waals surface area contributed by atoms with Gasteiger partial charge in [0.25, 0.3) is 0 Å². The summed E-state index contributed by atoms with van der Waals surface area (Å²) in [5, 5.41) is 29.7. The van der Waals surface area contributed by atoms with Crippen molar-refractivity contribution < 1.29 is 75.5 Å². The monoisotopic (exact) mass is 569 g/mol. The van der Waals surface area contributed by atoms with Crippen LogP contribution in [0.15, 0.2) is 0 Å². The average molecular weight is 569 g/mol. The number of carboxylic acid groups (broad SMARTS) is 3. The summed E-state index contributed by atoms with van der Waals surface area (Å²) in [4.78, 5) is 93.4. The topological polar surface area (TPSA) is 223 Å². The quantitative estimate of drug-likeness (QED) is 0.103. The Labute approximate surface area is 226 Å². The maximum atomic E-state index is 10.8. The first-order valence-electron chi connectivity index (χ1n) is 11.5. The van der Waals surface area contributed by atoms with Crippen molar-refractivity contribution in [2.45, 2.75) is 97.8 Å². The molecule has 1 radical (unpaired) electrons. The number of carboxylic acids is 3. The third-order valence-corrected chi connectivity index (χ3v) is 4.18. The van der Waals surface area contributed by atoms with E-state index in [0.29, 0.717) is 19.3 Å². The summed E-state index contributed by atoms with van der Waals surface area (Å²) >= 11 is 0. The van der Waals surface area contributed by atoms with Crippen molar-refractivity contribution in [1.82, 2.24) is 0 Å². The van der Waals surface area contributed by atoms with Crippen molar-refractivity contribution in [2.75, 3.05) is 0 Å². The molecule has 0 bridgehead atoms. The summed E-state index contributed by atoms with van der Waals surface area (Å²) in [6.45, 7) is 5.73. The van der Waals surface area contributed by atoms with Crippen LogP contribution in [0.3, 0.4) is 0 Å². The van der Waals surface area contributed by atoms with Crippen molar-refractivity contribution in [3.8, 4) is 0 Å². The van der Waals surface area contributed by atoms with Crippen molar-refractivity contribution in [1.29, 1.82) is 0 Å². The summed E-state index contributed by atoms with van der Waals surface area (Å²) < 4.78 is 0. The van der Waals surface area contributed by atoms with Crippen molar-refractivity contribution >= 4 is 52.6 Å². The minimum absolute atomic E-state index is 0. The number of carbonyl (C=O) groups excluding carboxylic acids is 9. The predicted octanol–water partition coefficient (Wildman–Crippen LogP) is -1.64. The number of ketones is 6. The minimum atomic E-state index is -1.78. The standard InChI is InChI=1S/3C8H12O4.Fe/c3*1-2-3-4-6(9)5-7(10)8(11)12;/h3*2-5H2,1H3,(H,11,12);/q;;;+3/p-3. The van der Waals surface area contributed by atoms with E-state index in [1.54, 1.807) is 0 Å². The molecule has 0 fully saturated rings. The first-order valence-corrected chi connectivity index (χ1v) is 11.5. The van der Waals surface area contributed by atoms with Gasteiger partial charge in [0.1, 0.15) is 35.3 Å². The Bertz CT molecular complexity index is 697. The molecule has 0 aliphatic rings. The molecular weight excluding hydrogens is 536 g/mol. The maximum absolute atomic E-state index is 10.8. The van der Waals surface area contributed by atoms with E-state index >= 15 is 0 Å². The molecule has 0 saturated heterocycles. The first-order chi connectivity index (χ1) is 16.7. The van der Waals surface area contributed by atoms with Crippen LogP contribution in [-0.2, 0) is 60.2 Å². The van der Waals surface area contributed by atoms with Crippen LogP contribution in [0.25, 0.3) is 0 Å². The number of unbranched alkanes of at least 4 members (excludes halogenated alkanes) is 3. The van der Waals surface area contributed by atoms with Gasteiger partial charge in [-0.05, 0) is 19.3 Å². The Balaban J connectivity index is -0.000000218. The zero-order chi connectivity index (χ0) is 28.7. The van der Waals surface area contributed by atoms with Crippen molar-refractivity contribution in [3.05, 3.63) is 0 Å². The Hall–Kier alpha value is -3.05. The number of hydrogen-bond donors (Lipinski definition) is 0. The summed E-state index contributed by atoms with van der Waals surface area (Å²) in [6.07, 6.45) is 3.88. The zero-order valence-corrected chi connectivity index (χ0v) is 22.3. The minimum Gasteiger partial charge on any atom is -0.542 e. The van der Waals surface area contributed by atoms with Gasteiger partial charge in [-0.25, -0.2) is 0 Å². The van der Waals surface area contributed by atoms with Crippen LogP contribution >= 0.6 is 0 Å². The van der Waals surface area contributed by atoms with Gasteiger partial charge >= 0.3 is 17.1 Å². The van der Waals surface area contributed by atoms with E-state index in [4.69, 9.17) is 0 Å². The van der Waals surface area contributed by atoms with E-state index in [1.165, 1.54) is 0 Å². The Kier molecular flexibility index (Phi) is 28.9. The van der Waals surface area contributed by atoms with Crippen LogP contribution in [0.4, 0.5) is 0 Å². The summed E-state index contributed by atoms with van der Waals surface area (Å²) in [5.41, 5.74) is 0. The molecule has 12 nitrogen and oxygen atoms in total. The van der Waals surface area contributed by atoms with E-state index in [0.717, 1.165) is 19.3 Å². The molecule has 0 heterocycles. The second-order valence-corrected chi connectivity index (χ2v) is 7.59. The second kappa shape index (κ2) is 26.0. The normalized spacial score (nSPS) is 9.16. The van der Waals surface area contributed by atoms with Gasteiger partial charge in [-0.1, -0.05) is 40.0 Å². The molecule has 0 N–H and O–H groups in total. The molecule has 209 valence electrons. The van der Waals surface area contributed by atoms with Crippen LogP contribution in [-0.4, -0.2) is 52.6 Å². The van der Waals surface area contributed by atoms with Gasteiger partial charge < -0.3 is 29.7 Å². The van der Waals surface area contributed by atoms with E-state index in [1.807, 2.05) is 20.8 Å². The largest absolute Gasteiger partial charge is 3.00 e. The molecule has 0 unspecified atom stereocenters. The zero-order valence-electron chi connectivity index (χ0n) is 21.2. The number of rotatable bonds is 18. The van der Waals surface area contributed by atoms with Gasteiger partial charge in [0.05, 0.1) is 19.3 Å². The third-order valence-electron chi connectivity index (χ3n) is 4.18. The molecule has 0 atom stereocenters. The molecule has 0 aliphatic carbocycles. The summed E-state index contributed by atoms with van der Waals surface area (Å²) in [5.74, 6) is -9.70. The van der Waals surface area contributed by atoms with Crippen LogP contribution < -0.4 is 15.3 Å². The summed E-state index contributed by atoms with van der Waals surface area (Å²) in [7, 11) is 0. The molecular formula is C24H33FeO12. The molecule has 0 rings (SSSR count). The molecule has 0 spiro atoms. The fourth-order valence-electron chi connectivity index (χ4n) is 2.14. The number of hydrogen-bond acceptors (Lipinski definition) is 12. The van der Waals surface area contributed by atoms with Gasteiger partial charge in [0.2, 0.25) is 0 Å².